The van der Waals surface area contributed by atoms with Gasteiger partial charge >= 0.3 is 0 Å². The Bertz CT molecular complexity index is 1000. The van der Waals surface area contributed by atoms with E-state index in [0.29, 0.717) is 38.0 Å². The van der Waals surface area contributed by atoms with Crippen LogP contribution in [0.5, 0.6) is 0 Å². The normalized spacial score (nSPS) is 18.8. The van der Waals surface area contributed by atoms with Crippen LogP contribution in [-0.4, -0.2) is 55.6 Å². The van der Waals surface area contributed by atoms with E-state index >= 15 is 0 Å². The maximum absolute atomic E-state index is 13.1. The number of hydrogen-bond donors (Lipinski definition) is 1. The van der Waals surface area contributed by atoms with E-state index in [-0.39, 0.29) is 21.9 Å². The number of nitrogens with one attached hydrogen (secondary N) is 1. The first-order valence-electron chi connectivity index (χ1n) is 10.6. The average Bonchev–Trinajstić information content (AvgIpc) is 3.50. The first kappa shape index (κ1) is 22.4. The second-order valence-corrected chi connectivity index (χ2v) is 12.1. The molecule has 4 rings (SSSR count). The fourth-order valence-electron chi connectivity index (χ4n) is 4.06. The zero-order valence-corrected chi connectivity index (χ0v) is 19.7. The lowest BCUT2D eigenvalue weighted by atomic mass is 9.97. The highest BCUT2D eigenvalue weighted by molar-refractivity contribution is 7.91. The molecule has 0 aromatic carbocycles. The van der Waals surface area contributed by atoms with Crippen LogP contribution in [-0.2, 0) is 21.4 Å². The molecule has 2 aliphatic heterocycles. The van der Waals surface area contributed by atoms with Gasteiger partial charge in [-0.2, -0.15) is 4.31 Å². The minimum absolute atomic E-state index is 0.0176. The zero-order valence-electron chi connectivity index (χ0n) is 17.3. The number of amides is 2. The number of likely N-dealkylation sites (tertiary alicyclic amines) is 1. The monoisotopic (exact) mass is 481 g/mol. The Balaban J connectivity index is 1.33. The van der Waals surface area contributed by atoms with Crippen LogP contribution in [0.4, 0.5) is 0 Å². The lowest BCUT2D eigenvalue weighted by Gasteiger charge is -2.30. The van der Waals surface area contributed by atoms with E-state index in [1.165, 1.54) is 10.4 Å². The summed E-state index contributed by atoms with van der Waals surface area (Å²) in [6, 6.07) is 5.44. The molecule has 2 aromatic heterocycles. The van der Waals surface area contributed by atoms with E-state index in [2.05, 4.69) is 5.32 Å². The topological polar surface area (TPSA) is 86.8 Å². The molecule has 0 radical (unpaired) electrons. The Hall–Kier alpha value is -1.75. The third-order valence-electron chi connectivity index (χ3n) is 5.90. The first-order valence-corrected chi connectivity index (χ1v) is 13.8. The van der Waals surface area contributed by atoms with Crippen LogP contribution >= 0.6 is 22.7 Å². The van der Waals surface area contributed by atoms with Gasteiger partial charge in [0.05, 0.1) is 12.1 Å². The first-order chi connectivity index (χ1) is 14.9. The van der Waals surface area contributed by atoms with Gasteiger partial charge in [0, 0.05) is 42.4 Å². The molecule has 0 unspecified atom stereocenters. The van der Waals surface area contributed by atoms with Crippen molar-refractivity contribution in [2.45, 2.75) is 42.9 Å². The standard InChI is InChI=1S/C21H27N3O4S3/c25-20(22-14-18-5-4-12-29-18)16-6-10-24(11-7-16)31(27,28)19-13-17(15-30-19)21(26)23-8-2-1-3-9-23/h4-5,12-13,15-16H,1-3,6-11,14H2,(H,22,25). The number of rotatable bonds is 6. The van der Waals surface area contributed by atoms with Crippen LogP contribution in [0.3, 0.4) is 0 Å². The van der Waals surface area contributed by atoms with Crippen LogP contribution in [0.2, 0.25) is 0 Å². The van der Waals surface area contributed by atoms with Gasteiger partial charge in [-0.1, -0.05) is 6.07 Å². The number of thiophene rings is 2. The third kappa shape index (κ3) is 5.19. The molecule has 2 amide bonds. The van der Waals surface area contributed by atoms with Gasteiger partial charge in [-0.15, -0.1) is 22.7 Å². The van der Waals surface area contributed by atoms with E-state index in [4.69, 9.17) is 0 Å². The Kier molecular flexibility index (Phi) is 7.10. The summed E-state index contributed by atoms with van der Waals surface area (Å²) >= 11 is 2.70. The quantitative estimate of drug-likeness (QED) is 0.687. The predicted molar refractivity (Wildman–Crippen MR) is 122 cm³/mol. The molecule has 10 heteroatoms. The van der Waals surface area contributed by atoms with Crippen molar-refractivity contribution in [1.82, 2.24) is 14.5 Å². The van der Waals surface area contributed by atoms with Crippen molar-refractivity contribution in [2.75, 3.05) is 26.2 Å². The molecule has 2 saturated heterocycles. The summed E-state index contributed by atoms with van der Waals surface area (Å²) in [5, 5.41) is 6.57. The minimum Gasteiger partial charge on any atom is -0.351 e. The zero-order chi connectivity index (χ0) is 21.8. The molecular weight excluding hydrogens is 454 g/mol. The van der Waals surface area contributed by atoms with Crippen molar-refractivity contribution in [3.8, 4) is 0 Å². The summed E-state index contributed by atoms with van der Waals surface area (Å²) in [4.78, 5) is 28.0. The molecule has 7 nitrogen and oxygen atoms in total. The molecule has 2 aliphatic rings. The third-order valence-corrected chi connectivity index (χ3v) is 10.1. The average molecular weight is 482 g/mol. The SMILES string of the molecule is O=C(NCc1cccs1)C1CCN(S(=O)(=O)c2cc(C(=O)N3CCCCC3)cs2)CC1. The van der Waals surface area contributed by atoms with Gasteiger partial charge in [-0.3, -0.25) is 9.59 Å². The van der Waals surface area contributed by atoms with Crippen molar-refractivity contribution < 1.29 is 18.0 Å². The Morgan fingerprint density at radius 3 is 2.48 bits per heavy atom. The number of nitrogens with zero attached hydrogens (tertiary/aromatic N) is 2. The summed E-state index contributed by atoms with van der Waals surface area (Å²) in [5.41, 5.74) is 0.452. The highest BCUT2D eigenvalue weighted by Crippen LogP contribution is 2.29. The molecule has 0 saturated carbocycles. The summed E-state index contributed by atoms with van der Waals surface area (Å²) < 4.78 is 27.8. The van der Waals surface area contributed by atoms with Gasteiger partial charge < -0.3 is 10.2 Å². The van der Waals surface area contributed by atoms with Crippen molar-refractivity contribution in [1.29, 1.82) is 0 Å². The van der Waals surface area contributed by atoms with E-state index in [0.717, 1.165) is 48.6 Å². The molecule has 0 bridgehead atoms. The van der Waals surface area contributed by atoms with Crippen LogP contribution in [0.1, 0.15) is 47.3 Å². The maximum Gasteiger partial charge on any atom is 0.254 e. The van der Waals surface area contributed by atoms with Gasteiger partial charge in [0.15, 0.2) is 0 Å². The van der Waals surface area contributed by atoms with Gasteiger partial charge in [-0.05, 0) is 49.6 Å². The van der Waals surface area contributed by atoms with Crippen molar-refractivity contribution >= 4 is 44.5 Å². The largest absolute Gasteiger partial charge is 0.351 e. The summed E-state index contributed by atoms with van der Waals surface area (Å²) in [7, 11) is -3.65. The second-order valence-electron chi connectivity index (χ2n) is 7.98. The molecule has 0 aliphatic carbocycles. The van der Waals surface area contributed by atoms with Crippen LogP contribution in [0.15, 0.2) is 33.2 Å². The van der Waals surface area contributed by atoms with Crippen LogP contribution in [0.25, 0.3) is 0 Å². The number of piperidine rings is 2. The number of carbonyl (C=O) groups excluding carboxylic acids is 2. The summed E-state index contributed by atoms with van der Waals surface area (Å²) in [5.74, 6) is -0.277. The highest BCUT2D eigenvalue weighted by Gasteiger charge is 2.33. The highest BCUT2D eigenvalue weighted by atomic mass is 32.2. The maximum atomic E-state index is 13.1. The molecule has 0 atom stereocenters. The smallest absolute Gasteiger partial charge is 0.254 e. The Morgan fingerprint density at radius 1 is 1.06 bits per heavy atom. The molecule has 31 heavy (non-hydrogen) atoms. The summed E-state index contributed by atoms with van der Waals surface area (Å²) in [6.45, 7) is 2.61. The Labute approximate surface area is 191 Å². The number of sulfonamides is 1. The fraction of sp³-hybridized carbons (Fsp3) is 0.524. The van der Waals surface area contributed by atoms with Gasteiger partial charge in [0.2, 0.25) is 5.91 Å². The van der Waals surface area contributed by atoms with E-state index in [1.807, 2.05) is 22.4 Å². The van der Waals surface area contributed by atoms with Gasteiger partial charge in [-0.25, -0.2) is 8.42 Å². The number of hydrogen-bond acceptors (Lipinski definition) is 6. The summed E-state index contributed by atoms with van der Waals surface area (Å²) in [6.07, 6.45) is 4.13. The molecule has 2 aromatic rings. The molecule has 4 heterocycles. The van der Waals surface area contributed by atoms with Gasteiger partial charge in [0.1, 0.15) is 4.21 Å². The van der Waals surface area contributed by atoms with Crippen molar-refractivity contribution in [2.24, 2.45) is 5.92 Å². The predicted octanol–water partition coefficient (Wildman–Crippen LogP) is 3.15. The Morgan fingerprint density at radius 2 is 1.81 bits per heavy atom. The van der Waals surface area contributed by atoms with E-state index < -0.39 is 10.0 Å². The lowest BCUT2D eigenvalue weighted by molar-refractivity contribution is -0.126. The molecule has 0 spiro atoms. The van der Waals surface area contributed by atoms with Gasteiger partial charge in [0.25, 0.3) is 15.9 Å². The molecule has 2 fully saturated rings. The van der Waals surface area contributed by atoms with Crippen molar-refractivity contribution in [3.63, 3.8) is 0 Å². The van der Waals surface area contributed by atoms with Crippen LogP contribution in [0, 0.1) is 5.92 Å². The molecule has 1 N–H and O–H groups in total. The van der Waals surface area contributed by atoms with Crippen LogP contribution < -0.4 is 5.32 Å². The van der Waals surface area contributed by atoms with E-state index in [9.17, 15) is 18.0 Å². The molecule has 168 valence electrons. The lowest BCUT2D eigenvalue weighted by Crippen LogP contribution is -2.42. The van der Waals surface area contributed by atoms with Crippen molar-refractivity contribution in [3.05, 3.63) is 39.4 Å². The molecular formula is C21H27N3O4S3. The minimum atomic E-state index is -3.65. The second kappa shape index (κ2) is 9.81. The van der Waals surface area contributed by atoms with E-state index in [1.54, 1.807) is 16.7 Å². The number of carbonyl (C=O) groups is 2. The fourth-order valence-corrected chi connectivity index (χ4v) is 7.48.